The Morgan fingerprint density at radius 1 is 0.700 bits per heavy atom. The van der Waals surface area contributed by atoms with Gasteiger partial charge in [-0.25, -0.2) is 0 Å². The van der Waals surface area contributed by atoms with E-state index in [4.69, 9.17) is 4.74 Å². The van der Waals surface area contributed by atoms with Crippen LogP contribution >= 0.6 is 0 Å². The van der Waals surface area contributed by atoms with Crippen molar-refractivity contribution in [2.75, 3.05) is 47.4 Å². The van der Waals surface area contributed by atoms with Crippen LogP contribution in [0.2, 0.25) is 0 Å². The standard InChI is InChI=1S/C27H54N2O/c1-6-7-8-9-10-11-12-13-14-15-16-17-18-19-22-27(2)30-26-21-25-29(5)24-20-23-28(3)4/h10-11,13-14,27H,6-9,12,15-26H2,1-5H3/b11-10-,14-13-. The molecule has 0 radical (unpaired) electrons. The molecule has 0 rings (SSSR count). The molecule has 1 atom stereocenters. The van der Waals surface area contributed by atoms with Crippen LogP contribution in [0.15, 0.2) is 24.3 Å². The van der Waals surface area contributed by atoms with Crippen LogP contribution in [0.3, 0.4) is 0 Å². The zero-order chi connectivity index (χ0) is 22.3. The van der Waals surface area contributed by atoms with E-state index in [1.54, 1.807) is 0 Å². The third-order valence-electron chi connectivity index (χ3n) is 5.54. The highest BCUT2D eigenvalue weighted by molar-refractivity contribution is 4.92. The van der Waals surface area contributed by atoms with Crippen LogP contribution in [0.5, 0.6) is 0 Å². The zero-order valence-corrected chi connectivity index (χ0v) is 21.2. The lowest BCUT2D eigenvalue weighted by Crippen LogP contribution is -2.25. The molecule has 0 fully saturated rings. The summed E-state index contributed by atoms with van der Waals surface area (Å²) in [6.07, 6.45) is 26.3. The topological polar surface area (TPSA) is 15.7 Å². The summed E-state index contributed by atoms with van der Waals surface area (Å²) in [7, 11) is 6.50. The van der Waals surface area contributed by atoms with Gasteiger partial charge in [0, 0.05) is 13.2 Å². The van der Waals surface area contributed by atoms with Crippen molar-refractivity contribution in [3.8, 4) is 0 Å². The molecule has 0 aliphatic heterocycles. The van der Waals surface area contributed by atoms with Crippen molar-refractivity contribution in [3.63, 3.8) is 0 Å². The van der Waals surface area contributed by atoms with Gasteiger partial charge in [0.15, 0.2) is 0 Å². The number of unbranched alkanes of at least 4 members (excludes halogenated alkanes) is 7. The van der Waals surface area contributed by atoms with E-state index < -0.39 is 0 Å². The minimum Gasteiger partial charge on any atom is -0.378 e. The van der Waals surface area contributed by atoms with Gasteiger partial charge >= 0.3 is 0 Å². The Balaban J connectivity index is 3.37. The second-order valence-corrected chi connectivity index (χ2v) is 9.16. The lowest BCUT2D eigenvalue weighted by molar-refractivity contribution is 0.0528. The molecule has 3 nitrogen and oxygen atoms in total. The van der Waals surface area contributed by atoms with Gasteiger partial charge < -0.3 is 14.5 Å². The quantitative estimate of drug-likeness (QED) is 0.137. The van der Waals surface area contributed by atoms with E-state index in [9.17, 15) is 0 Å². The molecule has 3 heteroatoms. The molecule has 0 bridgehead atoms. The van der Waals surface area contributed by atoms with Crippen molar-refractivity contribution in [2.24, 2.45) is 0 Å². The van der Waals surface area contributed by atoms with Gasteiger partial charge in [-0.3, -0.25) is 0 Å². The molecule has 0 aromatic rings. The Kier molecular flexibility index (Phi) is 22.5. The Hall–Kier alpha value is -0.640. The Labute approximate surface area is 189 Å². The lowest BCUT2D eigenvalue weighted by atomic mass is 10.1. The molecular weight excluding hydrogens is 368 g/mol. The van der Waals surface area contributed by atoms with E-state index in [1.165, 1.54) is 83.7 Å². The minimum absolute atomic E-state index is 0.410. The van der Waals surface area contributed by atoms with Crippen LogP contribution in [0.25, 0.3) is 0 Å². The van der Waals surface area contributed by atoms with Gasteiger partial charge in [-0.05, 0) is 92.5 Å². The minimum atomic E-state index is 0.410. The van der Waals surface area contributed by atoms with Crippen LogP contribution in [-0.4, -0.2) is 63.3 Å². The highest BCUT2D eigenvalue weighted by atomic mass is 16.5. The third kappa shape index (κ3) is 23.6. The van der Waals surface area contributed by atoms with E-state index in [1.807, 2.05) is 0 Å². The summed E-state index contributed by atoms with van der Waals surface area (Å²) in [6.45, 7) is 8.89. The van der Waals surface area contributed by atoms with E-state index in [2.05, 4.69) is 69.1 Å². The average molecular weight is 423 g/mol. The normalized spacial score (nSPS) is 13.4. The molecule has 0 aromatic heterocycles. The summed E-state index contributed by atoms with van der Waals surface area (Å²) in [5, 5.41) is 0. The average Bonchev–Trinajstić information content (AvgIpc) is 2.71. The van der Waals surface area contributed by atoms with E-state index in [0.717, 1.165) is 26.0 Å². The summed E-state index contributed by atoms with van der Waals surface area (Å²) in [6, 6.07) is 0. The number of rotatable bonds is 22. The molecular formula is C27H54N2O. The number of nitrogens with zero attached hydrogens (tertiary/aromatic N) is 2. The fourth-order valence-corrected chi connectivity index (χ4v) is 3.54. The molecule has 0 spiro atoms. The number of ether oxygens (including phenoxy) is 1. The molecule has 1 unspecified atom stereocenters. The Morgan fingerprint density at radius 3 is 2.00 bits per heavy atom. The molecule has 0 amide bonds. The van der Waals surface area contributed by atoms with Gasteiger partial charge in [0.2, 0.25) is 0 Å². The van der Waals surface area contributed by atoms with E-state index >= 15 is 0 Å². The fraction of sp³-hybridized carbons (Fsp3) is 0.852. The SMILES string of the molecule is CCCCC/C=C\C/C=C\CCCCCCC(C)OCCCN(C)CCCN(C)C. The zero-order valence-electron chi connectivity index (χ0n) is 21.2. The van der Waals surface area contributed by atoms with Crippen molar-refractivity contribution in [3.05, 3.63) is 24.3 Å². The molecule has 178 valence electrons. The van der Waals surface area contributed by atoms with Crippen LogP contribution in [0, 0.1) is 0 Å². The van der Waals surface area contributed by atoms with Gasteiger partial charge in [-0.2, -0.15) is 0 Å². The summed E-state index contributed by atoms with van der Waals surface area (Å²) < 4.78 is 6.00. The summed E-state index contributed by atoms with van der Waals surface area (Å²) in [5.74, 6) is 0. The largest absolute Gasteiger partial charge is 0.378 e. The summed E-state index contributed by atoms with van der Waals surface area (Å²) >= 11 is 0. The van der Waals surface area contributed by atoms with Crippen molar-refractivity contribution in [1.29, 1.82) is 0 Å². The van der Waals surface area contributed by atoms with Crippen LogP contribution in [0.1, 0.15) is 97.3 Å². The van der Waals surface area contributed by atoms with Crippen molar-refractivity contribution in [1.82, 2.24) is 9.80 Å². The number of hydrogen-bond acceptors (Lipinski definition) is 3. The monoisotopic (exact) mass is 422 g/mol. The maximum Gasteiger partial charge on any atom is 0.0547 e. The lowest BCUT2D eigenvalue weighted by Gasteiger charge is -2.19. The first-order valence-corrected chi connectivity index (χ1v) is 12.8. The van der Waals surface area contributed by atoms with Gasteiger partial charge in [0.05, 0.1) is 6.10 Å². The van der Waals surface area contributed by atoms with Crippen molar-refractivity contribution < 1.29 is 4.74 Å². The van der Waals surface area contributed by atoms with Gasteiger partial charge in [-0.1, -0.05) is 63.3 Å². The number of allylic oxidation sites excluding steroid dienone is 4. The highest BCUT2D eigenvalue weighted by Gasteiger charge is 2.03. The third-order valence-corrected chi connectivity index (χ3v) is 5.54. The predicted molar refractivity (Wildman–Crippen MR) is 135 cm³/mol. The fourth-order valence-electron chi connectivity index (χ4n) is 3.54. The first-order chi connectivity index (χ1) is 14.6. The second-order valence-electron chi connectivity index (χ2n) is 9.16. The second kappa shape index (κ2) is 23.0. The Bertz CT molecular complexity index is 392. The molecule has 0 saturated carbocycles. The first kappa shape index (κ1) is 29.4. The predicted octanol–water partition coefficient (Wildman–Crippen LogP) is 7.09. The van der Waals surface area contributed by atoms with Gasteiger partial charge in [-0.15, -0.1) is 0 Å². The van der Waals surface area contributed by atoms with Gasteiger partial charge in [0.1, 0.15) is 0 Å². The molecule has 30 heavy (non-hydrogen) atoms. The molecule has 0 N–H and O–H groups in total. The van der Waals surface area contributed by atoms with Crippen molar-refractivity contribution >= 4 is 0 Å². The maximum absolute atomic E-state index is 6.00. The van der Waals surface area contributed by atoms with Gasteiger partial charge in [0.25, 0.3) is 0 Å². The highest BCUT2D eigenvalue weighted by Crippen LogP contribution is 2.10. The summed E-state index contributed by atoms with van der Waals surface area (Å²) in [4.78, 5) is 4.68. The van der Waals surface area contributed by atoms with E-state index in [-0.39, 0.29) is 0 Å². The van der Waals surface area contributed by atoms with Crippen LogP contribution in [-0.2, 0) is 4.74 Å². The molecule has 0 heterocycles. The molecule has 0 aromatic carbocycles. The first-order valence-electron chi connectivity index (χ1n) is 12.8. The Morgan fingerprint density at radius 2 is 1.33 bits per heavy atom. The van der Waals surface area contributed by atoms with E-state index in [0.29, 0.717) is 6.10 Å². The van der Waals surface area contributed by atoms with Crippen LogP contribution in [0.4, 0.5) is 0 Å². The van der Waals surface area contributed by atoms with Crippen LogP contribution < -0.4 is 0 Å². The summed E-state index contributed by atoms with van der Waals surface area (Å²) in [5.41, 5.74) is 0. The smallest absolute Gasteiger partial charge is 0.0547 e. The van der Waals surface area contributed by atoms with Crippen molar-refractivity contribution in [2.45, 2.75) is 103 Å². The molecule has 0 aliphatic carbocycles. The molecule has 0 aliphatic rings. The molecule has 0 saturated heterocycles. The maximum atomic E-state index is 6.00. The number of hydrogen-bond donors (Lipinski definition) is 0.